The highest BCUT2D eigenvalue weighted by Crippen LogP contribution is 2.17. The summed E-state index contributed by atoms with van der Waals surface area (Å²) in [5.74, 6) is -0.974. The number of carbonyl (C=O) groups is 2. The van der Waals surface area contributed by atoms with E-state index in [-0.39, 0.29) is 23.9 Å². The number of para-hydroxylation sites is 1. The lowest BCUT2D eigenvalue weighted by Crippen LogP contribution is -2.23. The Labute approximate surface area is 176 Å². The van der Waals surface area contributed by atoms with Crippen LogP contribution < -0.4 is 15.4 Å². The van der Waals surface area contributed by atoms with Crippen LogP contribution in [0.1, 0.15) is 26.3 Å². The molecule has 0 saturated carbocycles. The number of rotatable bonds is 7. The van der Waals surface area contributed by atoms with Crippen LogP contribution in [0.5, 0.6) is 5.88 Å². The van der Waals surface area contributed by atoms with Crippen LogP contribution in [0.15, 0.2) is 72.9 Å². The number of amides is 2. The first-order chi connectivity index (χ1) is 14.8. The van der Waals surface area contributed by atoms with Crippen LogP contribution >= 0.6 is 0 Å². The van der Waals surface area contributed by atoms with Crippen LogP contribution in [0, 0.1) is 0 Å². The highest BCUT2D eigenvalue weighted by atomic mass is 19.4. The molecule has 6 nitrogen and oxygen atoms in total. The van der Waals surface area contributed by atoms with Crippen molar-refractivity contribution in [1.29, 1.82) is 0 Å². The summed E-state index contributed by atoms with van der Waals surface area (Å²) >= 11 is 0. The summed E-state index contributed by atoms with van der Waals surface area (Å²) in [6, 6.07) is 18.3. The van der Waals surface area contributed by atoms with Gasteiger partial charge >= 0.3 is 6.18 Å². The normalized spacial score (nSPS) is 10.9. The molecule has 0 bridgehead atoms. The van der Waals surface area contributed by atoms with E-state index in [1.54, 1.807) is 36.4 Å². The van der Waals surface area contributed by atoms with Crippen LogP contribution in [0.3, 0.4) is 0 Å². The molecular formula is C22H18F3N3O3. The lowest BCUT2D eigenvalue weighted by molar-refractivity contribution is -0.154. The predicted molar refractivity (Wildman–Crippen MR) is 108 cm³/mol. The first kappa shape index (κ1) is 21.8. The van der Waals surface area contributed by atoms with Crippen LogP contribution in [0.25, 0.3) is 0 Å². The summed E-state index contributed by atoms with van der Waals surface area (Å²) in [7, 11) is 0. The maximum Gasteiger partial charge on any atom is 0.422 e. The number of pyridine rings is 1. The summed E-state index contributed by atoms with van der Waals surface area (Å²) in [6.45, 7) is -1.31. The highest BCUT2D eigenvalue weighted by Gasteiger charge is 2.28. The molecule has 160 valence electrons. The summed E-state index contributed by atoms with van der Waals surface area (Å²) in [6.07, 6.45) is -3.34. The zero-order valence-corrected chi connectivity index (χ0v) is 16.1. The Bertz CT molecular complexity index is 1040. The summed E-state index contributed by atoms with van der Waals surface area (Å²) in [5, 5.41) is 5.46. The van der Waals surface area contributed by atoms with Gasteiger partial charge in [-0.3, -0.25) is 9.59 Å². The molecule has 3 aromatic rings. The Kier molecular flexibility index (Phi) is 6.86. The van der Waals surface area contributed by atoms with Crippen molar-refractivity contribution in [2.75, 3.05) is 11.9 Å². The zero-order valence-electron chi connectivity index (χ0n) is 16.1. The number of aromatic nitrogens is 1. The first-order valence-corrected chi connectivity index (χ1v) is 9.19. The van der Waals surface area contributed by atoms with E-state index in [1.165, 1.54) is 12.1 Å². The van der Waals surface area contributed by atoms with Crippen molar-refractivity contribution in [3.8, 4) is 5.88 Å². The molecule has 31 heavy (non-hydrogen) atoms. The van der Waals surface area contributed by atoms with Gasteiger partial charge in [0.15, 0.2) is 6.61 Å². The average Bonchev–Trinajstić information content (AvgIpc) is 2.77. The summed E-state index contributed by atoms with van der Waals surface area (Å²) in [4.78, 5) is 28.3. The van der Waals surface area contributed by atoms with Crippen molar-refractivity contribution in [2.24, 2.45) is 0 Å². The van der Waals surface area contributed by atoms with Gasteiger partial charge in [0.2, 0.25) is 5.88 Å². The lowest BCUT2D eigenvalue weighted by atomic mass is 10.1. The van der Waals surface area contributed by atoms with Gasteiger partial charge in [-0.15, -0.1) is 0 Å². The molecule has 0 fully saturated rings. The van der Waals surface area contributed by atoms with Crippen LogP contribution in [0.2, 0.25) is 0 Å². The van der Waals surface area contributed by atoms with Gasteiger partial charge in [-0.1, -0.05) is 30.3 Å². The van der Waals surface area contributed by atoms with Gasteiger partial charge in [0.25, 0.3) is 11.8 Å². The van der Waals surface area contributed by atoms with E-state index in [0.717, 1.165) is 6.20 Å². The van der Waals surface area contributed by atoms with Gasteiger partial charge in [0.05, 0.1) is 5.56 Å². The molecule has 0 aliphatic rings. The molecule has 0 radical (unpaired) electrons. The number of nitrogens with zero attached hydrogens (tertiary/aromatic N) is 1. The van der Waals surface area contributed by atoms with E-state index in [9.17, 15) is 22.8 Å². The SMILES string of the molecule is O=C(NCc1cccc(C(=O)Nc2ccccc2)c1)c1ccc(OCC(F)(F)F)nc1. The molecule has 0 aliphatic carbocycles. The second-order valence-corrected chi connectivity index (χ2v) is 6.49. The third-order valence-corrected chi connectivity index (χ3v) is 4.06. The van der Waals surface area contributed by atoms with Gasteiger partial charge in [-0.25, -0.2) is 4.98 Å². The molecular weight excluding hydrogens is 411 g/mol. The van der Waals surface area contributed by atoms with Crippen molar-refractivity contribution < 1.29 is 27.5 Å². The fourth-order valence-corrected chi connectivity index (χ4v) is 2.59. The van der Waals surface area contributed by atoms with Crippen molar-refractivity contribution in [2.45, 2.75) is 12.7 Å². The maximum absolute atomic E-state index is 12.4. The fourth-order valence-electron chi connectivity index (χ4n) is 2.59. The van der Waals surface area contributed by atoms with Gasteiger partial charge < -0.3 is 15.4 Å². The van der Waals surface area contributed by atoms with Gasteiger partial charge in [0, 0.05) is 30.1 Å². The Morgan fingerprint density at radius 3 is 2.35 bits per heavy atom. The number of ether oxygens (including phenoxy) is 1. The number of carbonyl (C=O) groups excluding carboxylic acids is 2. The average molecular weight is 429 g/mol. The van der Waals surface area contributed by atoms with Gasteiger partial charge in [-0.2, -0.15) is 13.2 Å². The molecule has 0 aliphatic heterocycles. The number of hydrogen-bond acceptors (Lipinski definition) is 4. The molecule has 2 N–H and O–H groups in total. The Morgan fingerprint density at radius 2 is 1.68 bits per heavy atom. The summed E-state index contributed by atoms with van der Waals surface area (Å²) < 4.78 is 41.0. The number of benzene rings is 2. The van der Waals surface area contributed by atoms with E-state index in [2.05, 4.69) is 20.4 Å². The van der Waals surface area contributed by atoms with E-state index < -0.39 is 18.7 Å². The van der Waals surface area contributed by atoms with E-state index in [4.69, 9.17) is 0 Å². The maximum atomic E-state index is 12.4. The number of alkyl halides is 3. The van der Waals surface area contributed by atoms with Crippen LogP contribution in [0.4, 0.5) is 18.9 Å². The zero-order chi connectivity index (χ0) is 22.3. The molecule has 0 atom stereocenters. The van der Waals surface area contributed by atoms with Crippen molar-refractivity contribution in [3.63, 3.8) is 0 Å². The minimum absolute atomic E-state index is 0.150. The van der Waals surface area contributed by atoms with Crippen molar-refractivity contribution >= 4 is 17.5 Å². The van der Waals surface area contributed by atoms with E-state index in [1.807, 2.05) is 18.2 Å². The van der Waals surface area contributed by atoms with Crippen molar-refractivity contribution in [1.82, 2.24) is 10.3 Å². The number of nitrogens with one attached hydrogen (secondary N) is 2. The standard InChI is InChI=1S/C22H18F3N3O3/c23-22(24,25)14-31-19-10-9-17(13-26-19)20(29)27-12-15-5-4-6-16(11-15)21(30)28-18-7-2-1-3-8-18/h1-11,13H,12,14H2,(H,27,29)(H,28,30). The van der Waals surface area contributed by atoms with E-state index in [0.29, 0.717) is 16.8 Å². The largest absolute Gasteiger partial charge is 0.468 e. The Morgan fingerprint density at radius 1 is 0.903 bits per heavy atom. The molecule has 0 saturated heterocycles. The smallest absolute Gasteiger partial charge is 0.422 e. The lowest BCUT2D eigenvalue weighted by Gasteiger charge is -2.10. The number of halogens is 3. The second kappa shape index (κ2) is 9.75. The second-order valence-electron chi connectivity index (χ2n) is 6.49. The molecule has 3 rings (SSSR count). The molecule has 2 amide bonds. The molecule has 1 aromatic heterocycles. The molecule has 2 aromatic carbocycles. The number of hydrogen-bond donors (Lipinski definition) is 2. The van der Waals surface area contributed by atoms with E-state index >= 15 is 0 Å². The molecule has 9 heteroatoms. The van der Waals surface area contributed by atoms with Gasteiger partial charge in [-0.05, 0) is 35.9 Å². The topological polar surface area (TPSA) is 80.3 Å². The summed E-state index contributed by atoms with van der Waals surface area (Å²) in [5.41, 5.74) is 1.97. The Hall–Kier alpha value is -3.88. The minimum atomic E-state index is -4.47. The number of anilines is 1. The highest BCUT2D eigenvalue weighted by molar-refractivity contribution is 6.04. The molecule has 1 heterocycles. The monoisotopic (exact) mass is 429 g/mol. The quantitative estimate of drug-likeness (QED) is 0.590. The minimum Gasteiger partial charge on any atom is -0.468 e. The predicted octanol–water partition coefficient (Wildman–Crippen LogP) is 4.21. The third kappa shape index (κ3) is 6.84. The first-order valence-electron chi connectivity index (χ1n) is 9.19. The Balaban J connectivity index is 1.55. The third-order valence-electron chi connectivity index (χ3n) is 4.06. The van der Waals surface area contributed by atoms with Crippen LogP contribution in [-0.4, -0.2) is 29.6 Å². The fraction of sp³-hybridized carbons (Fsp3) is 0.136. The van der Waals surface area contributed by atoms with Crippen LogP contribution in [-0.2, 0) is 6.54 Å². The van der Waals surface area contributed by atoms with Gasteiger partial charge in [0.1, 0.15) is 0 Å². The van der Waals surface area contributed by atoms with Crippen molar-refractivity contribution in [3.05, 3.63) is 89.6 Å². The molecule has 0 spiro atoms. The molecule has 0 unspecified atom stereocenters.